The predicted octanol–water partition coefficient (Wildman–Crippen LogP) is 2.59. The Balaban J connectivity index is 2.56. The summed E-state index contributed by atoms with van der Waals surface area (Å²) in [6.07, 6.45) is -2.71. The Bertz CT molecular complexity index is 327. The van der Waals surface area contributed by atoms with E-state index in [1.165, 1.54) is 6.20 Å². The summed E-state index contributed by atoms with van der Waals surface area (Å²) in [5, 5.41) is -0.852. The van der Waals surface area contributed by atoms with Crippen molar-refractivity contribution in [3.8, 4) is 0 Å². The van der Waals surface area contributed by atoms with Crippen molar-refractivity contribution in [2.45, 2.75) is 25.6 Å². The van der Waals surface area contributed by atoms with Gasteiger partial charge in [-0.05, 0) is 13.3 Å². The van der Waals surface area contributed by atoms with Gasteiger partial charge in [0.2, 0.25) is 0 Å². The van der Waals surface area contributed by atoms with Crippen molar-refractivity contribution < 1.29 is 17.9 Å². The second-order valence-corrected chi connectivity index (χ2v) is 4.22. The minimum atomic E-state index is -4.39. The van der Waals surface area contributed by atoms with Crippen LogP contribution in [-0.4, -0.2) is 18.2 Å². The van der Waals surface area contributed by atoms with Gasteiger partial charge in [0, 0.05) is 30.3 Å². The summed E-state index contributed by atoms with van der Waals surface area (Å²) >= 11 is 0.589. The summed E-state index contributed by atoms with van der Waals surface area (Å²) in [5.41, 5.74) is 5.72. The molecule has 0 spiro atoms. The average Bonchev–Trinajstić information content (AvgIpc) is 2.66. The fourth-order valence-electron chi connectivity index (χ4n) is 1.09. The van der Waals surface area contributed by atoms with Crippen molar-refractivity contribution in [1.29, 1.82) is 0 Å². The number of rotatable bonds is 5. The molecule has 1 aromatic rings. The zero-order valence-corrected chi connectivity index (χ0v) is 9.57. The van der Waals surface area contributed by atoms with Gasteiger partial charge in [0.05, 0.1) is 0 Å². The monoisotopic (exact) mass is 254 g/mol. The molecule has 0 aromatic carbocycles. The Morgan fingerprint density at radius 2 is 2.25 bits per heavy atom. The molecule has 1 rings (SSSR count). The molecule has 1 atom stereocenters. The number of hydrogen-bond donors (Lipinski definition) is 1. The first kappa shape index (κ1) is 13.4. The normalized spacial score (nSPS) is 14.1. The molecule has 0 fully saturated rings. The topological polar surface area (TPSA) is 48.1 Å². The summed E-state index contributed by atoms with van der Waals surface area (Å²) in [6.45, 7) is 2.86. The smallest absolute Gasteiger partial charge is 0.382 e. The molecule has 0 radical (unpaired) electrons. The van der Waals surface area contributed by atoms with Crippen LogP contribution in [0.1, 0.15) is 29.3 Å². The largest absolute Gasteiger partial charge is 0.443 e. The number of ether oxygens (including phenoxy) is 1. The fourth-order valence-corrected chi connectivity index (χ4v) is 1.90. The van der Waals surface area contributed by atoms with Crippen LogP contribution in [-0.2, 0) is 10.9 Å². The van der Waals surface area contributed by atoms with E-state index in [-0.39, 0.29) is 0 Å². The number of hydrogen-bond acceptors (Lipinski definition) is 4. The van der Waals surface area contributed by atoms with E-state index in [0.717, 1.165) is 0 Å². The Labute approximate surface area is 95.4 Å². The Morgan fingerprint density at radius 3 is 2.75 bits per heavy atom. The molecule has 2 N–H and O–H groups in total. The quantitative estimate of drug-likeness (QED) is 0.821. The van der Waals surface area contributed by atoms with Gasteiger partial charge < -0.3 is 10.5 Å². The second kappa shape index (κ2) is 5.60. The number of aromatic nitrogens is 1. The number of halogens is 3. The van der Waals surface area contributed by atoms with Gasteiger partial charge in [-0.25, -0.2) is 4.98 Å². The third-order valence-corrected chi connectivity index (χ3v) is 3.08. The standard InChI is InChI=1S/C9H13F3N2OS/c1-2-15-4-3-6(13)7-5-14-8(16-7)9(10,11)12/h5-6H,2-4,13H2,1H3. The molecule has 3 nitrogen and oxygen atoms in total. The first-order valence-corrected chi connectivity index (χ1v) is 5.63. The summed E-state index contributed by atoms with van der Waals surface area (Å²) in [6, 6.07) is -0.444. The minimum Gasteiger partial charge on any atom is -0.382 e. The van der Waals surface area contributed by atoms with E-state index in [9.17, 15) is 13.2 Å². The lowest BCUT2D eigenvalue weighted by Gasteiger charge is -2.08. The lowest BCUT2D eigenvalue weighted by molar-refractivity contribution is -0.137. The molecule has 16 heavy (non-hydrogen) atoms. The van der Waals surface area contributed by atoms with E-state index in [1.807, 2.05) is 6.92 Å². The highest BCUT2D eigenvalue weighted by Crippen LogP contribution is 2.34. The minimum absolute atomic E-state index is 0.437. The van der Waals surface area contributed by atoms with Gasteiger partial charge in [-0.1, -0.05) is 0 Å². The molecular formula is C9H13F3N2OS. The van der Waals surface area contributed by atoms with Gasteiger partial charge in [-0.15, -0.1) is 11.3 Å². The summed E-state index contributed by atoms with van der Waals surface area (Å²) in [4.78, 5) is 3.75. The molecule has 0 bridgehead atoms. The van der Waals surface area contributed by atoms with Gasteiger partial charge in [-0.2, -0.15) is 13.2 Å². The lowest BCUT2D eigenvalue weighted by Crippen LogP contribution is -2.11. The van der Waals surface area contributed by atoms with Crippen molar-refractivity contribution in [3.63, 3.8) is 0 Å². The Morgan fingerprint density at radius 1 is 1.56 bits per heavy atom. The molecular weight excluding hydrogens is 241 g/mol. The first-order chi connectivity index (χ1) is 7.45. The van der Waals surface area contributed by atoms with E-state index in [4.69, 9.17) is 10.5 Å². The van der Waals surface area contributed by atoms with Crippen molar-refractivity contribution in [2.24, 2.45) is 5.73 Å². The van der Waals surface area contributed by atoms with Crippen LogP contribution in [0.15, 0.2) is 6.20 Å². The maximum atomic E-state index is 12.3. The summed E-state index contributed by atoms with van der Waals surface area (Å²) in [7, 11) is 0. The molecule has 0 aliphatic carbocycles. The third-order valence-electron chi connectivity index (χ3n) is 1.91. The van der Waals surface area contributed by atoms with Crippen LogP contribution in [0.3, 0.4) is 0 Å². The van der Waals surface area contributed by atoms with Gasteiger partial charge in [0.25, 0.3) is 0 Å². The molecule has 0 aliphatic rings. The summed E-state index contributed by atoms with van der Waals surface area (Å²) in [5.74, 6) is 0. The molecule has 1 unspecified atom stereocenters. The molecule has 1 aromatic heterocycles. The maximum absolute atomic E-state index is 12.3. The second-order valence-electron chi connectivity index (χ2n) is 3.16. The average molecular weight is 254 g/mol. The molecule has 92 valence electrons. The highest BCUT2D eigenvalue weighted by atomic mass is 32.1. The lowest BCUT2D eigenvalue weighted by atomic mass is 10.2. The zero-order chi connectivity index (χ0) is 12.2. The van der Waals surface area contributed by atoms with Crippen LogP contribution in [0.5, 0.6) is 0 Å². The zero-order valence-electron chi connectivity index (χ0n) is 8.75. The maximum Gasteiger partial charge on any atom is 0.443 e. The molecule has 1 heterocycles. The van der Waals surface area contributed by atoms with Crippen molar-refractivity contribution in [3.05, 3.63) is 16.1 Å². The van der Waals surface area contributed by atoms with E-state index in [0.29, 0.717) is 35.8 Å². The summed E-state index contributed by atoms with van der Waals surface area (Å²) < 4.78 is 41.8. The van der Waals surface area contributed by atoms with E-state index < -0.39 is 17.2 Å². The third kappa shape index (κ3) is 3.73. The molecule has 0 saturated heterocycles. The van der Waals surface area contributed by atoms with Crippen LogP contribution in [0, 0.1) is 0 Å². The van der Waals surface area contributed by atoms with Crippen LogP contribution >= 0.6 is 11.3 Å². The van der Waals surface area contributed by atoms with Gasteiger partial charge >= 0.3 is 6.18 Å². The van der Waals surface area contributed by atoms with Crippen LogP contribution < -0.4 is 5.73 Å². The van der Waals surface area contributed by atoms with E-state index in [2.05, 4.69) is 4.98 Å². The van der Waals surface area contributed by atoms with Crippen molar-refractivity contribution in [1.82, 2.24) is 4.98 Å². The Hall–Kier alpha value is -0.660. The van der Waals surface area contributed by atoms with Crippen molar-refractivity contribution in [2.75, 3.05) is 13.2 Å². The van der Waals surface area contributed by atoms with E-state index in [1.54, 1.807) is 0 Å². The number of alkyl halides is 3. The van der Waals surface area contributed by atoms with Gasteiger partial charge in [0.15, 0.2) is 5.01 Å². The van der Waals surface area contributed by atoms with Gasteiger partial charge in [0.1, 0.15) is 0 Å². The highest BCUT2D eigenvalue weighted by molar-refractivity contribution is 7.11. The number of nitrogens with two attached hydrogens (primary N) is 1. The predicted molar refractivity (Wildman–Crippen MR) is 55.2 cm³/mol. The van der Waals surface area contributed by atoms with Crippen LogP contribution in [0.2, 0.25) is 0 Å². The fraction of sp³-hybridized carbons (Fsp3) is 0.667. The Kier molecular flexibility index (Phi) is 4.69. The van der Waals surface area contributed by atoms with Crippen molar-refractivity contribution >= 4 is 11.3 Å². The van der Waals surface area contributed by atoms with Crippen LogP contribution in [0.25, 0.3) is 0 Å². The van der Waals surface area contributed by atoms with Crippen LogP contribution in [0.4, 0.5) is 13.2 Å². The SMILES string of the molecule is CCOCCC(N)c1cnc(C(F)(F)F)s1. The molecule has 7 heteroatoms. The molecule has 0 amide bonds. The highest BCUT2D eigenvalue weighted by Gasteiger charge is 2.34. The number of thiazole rings is 1. The van der Waals surface area contributed by atoms with Gasteiger partial charge in [-0.3, -0.25) is 0 Å². The first-order valence-electron chi connectivity index (χ1n) is 4.81. The van der Waals surface area contributed by atoms with E-state index >= 15 is 0 Å². The molecule has 0 saturated carbocycles. The number of nitrogens with zero attached hydrogens (tertiary/aromatic N) is 1. The molecule has 0 aliphatic heterocycles.